The Hall–Kier alpha value is -0.470. The Balaban J connectivity index is 1.93. The van der Waals surface area contributed by atoms with Crippen LogP contribution in [0.15, 0.2) is 10.5 Å². The van der Waals surface area contributed by atoms with Crippen LogP contribution in [-0.4, -0.2) is 17.3 Å². The standard InChI is InChI=1S/C16H12BrClFIN2O/c17-11-10(20)4-8-14(21-13-6-1-2-7(13)3-6)9(5-23)16(18)22-15(8)12(11)19/h4-7,13H,1-3H2,(H,21,22)/t6-,7+,13-. The number of anilines is 1. The van der Waals surface area contributed by atoms with Gasteiger partial charge >= 0.3 is 0 Å². The van der Waals surface area contributed by atoms with Gasteiger partial charge < -0.3 is 5.32 Å². The lowest BCUT2D eigenvalue weighted by Gasteiger charge is -2.37. The van der Waals surface area contributed by atoms with E-state index in [4.69, 9.17) is 11.6 Å². The van der Waals surface area contributed by atoms with Crippen LogP contribution in [0.1, 0.15) is 29.6 Å². The van der Waals surface area contributed by atoms with E-state index in [-0.39, 0.29) is 10.7 Å². The van der Waals surface area contributed by atoms with E-state index in [0.717, 1.165) is 3.57 Å². The van der Waals surface area contributed by atoms with Gasteiger partial charge in [-0.15, -0.1) is 0 Å². The molecule has 23 heavy (non-hydrogen) atoms. The van der Waals surface area contributed by atoms with E-state index in [2.05, 4.69) is 48.8 Å². The van der Waals surface area contributed by atoms with E-state index in [9.17, 15) is 9.18 Å². The predicted molar refractivity (Wildman–Crippen MR) is 101 cm³/mol. The smallest absolute Gasteiger partial charge is 0.164 e. The second kappa shape index (κ2) is 5.81. The first kappa shape index (κ1) is 16.0. The van der Waals surface area contributed by atoms with Crippen LogP contribution in [0.4, 0.5) is 10.1 Å². The lowest BCUT2D eigenvalue weighted by molar-refractivity contribution is 0.112. The fraction of sp³-hybridized carbons (Fsp3) is 0.375. The Morgan fingerprint density at radius 2 is 2.13 bits per heavy atom. The predicted octanol–water partition coefficient (Wildman–Crippen LogP) is 5.42. The monoisotopic (exact) mass is 508 g/mol. The number of nitrogens with one attached hydrogen (secondary N) is 1. The molecule has 3 atom stereocenters. The maximum absolute atomic E-state index is 14.6. The number of hydrogen-bond donors (Lipinski definition) is 1. The minimum Gasteiger partial charge on any atom is -0.381 e. The van der Waals surface area contributed by atoms with Crippen molar-refractivity contribution >= 4 is 73.0 Å². The summed E-state index contributed by atoms with van der Waals surface area (Å²) in [7, 11) is 0. The first-order valence-corrected chi connectivity index (χ1v) is 9.64. The maximum atomic E-state index is 14.6. The van der Waals surface area contributed by atoms with Crippen molar-refractivity contribution < 1.29 is 9.18 Å². The number of aromatic nitrogens is 1. The highest BCUT2D eigenvalue weighted by atomic mass is 127. The van der Waals surface area contributed by atoms with E-state index in [1.54, 1.807) is 0 Å². The first-order valence-electron chi connectivity index (χ1n) is 7.39. The molecular weight excluding hydrogens is 497 g/mol. The van der Waals surface area contributed by atoms with Crippen LogP contribution in [0.3, 0.4) is 0 Å². The normalized spacial score (nSPS) is 25.5. The molecule has 3 fully saturated rings. The summed E-state index contributed by atoms with van der Waals surface area (Å²) in [5.74, 6) is 0.826. The molecule has 0 saturated heterocycles. The zero-order valence-electron chi connectivity index (χ0n) is 11.9. The van der Waals surface area contributed by atoms with Gasteiger partial charge in [-0.3, -0.25) is 4.79 Å². The number of aldehydes is 1. The molecular formula is C16H12BrClFIN2O. The number of hydrogen-bond acceptors (Lipinski definition) is 3. The molecule has 0 aliphatic heterocycles. The molecule has 7 heteroatoms. The molecule has 3 saturated carbocycles. The highest BCUT2D eigenvalue weighted by Crippen LogP contribution is 2.50. The number of carbonyl (C=O) groups is 1. The largest absolute Gasteiger partial charge is 0.381 e. The number of benzene rings is 1. The molecule has 2 aromatic rings. The molecule has 5 rings (SSSR count). The molecule has 0 radical (unpaired) electrons. The molecule has 3 nitrogen and oxygen atoms in total. The van der Waals surface area contributed by atoms with Crippen molar-refractivity contribution in [3.63, 3.8) is 0 Å². The average Bonchev–Trinajstić information content (AvgIpc) is 3.15. The summed E-state index contributed by atoms with van der Waals surface area (Å²) < 4.78 is 15.7. The molecule has 0 amide bonds. The molecule has 0 spiro atoms. The van der Waals surface area contributed by atoms with Crippen molar-refractivity contribution in [2.45, 2.75) is 25.3 Å². The summed E-state index contributed by atoms with van der Waals surface area (Å²) in [5.41, 5.74) is 1.10. The van der Waals surface area contributed by atoms with Gasteiger partial charge in [-0.25, -0.2) is 9.37 Å². The summed E-state index contributed by atoms with van der Waals surface area (Å²) in [5, 5.41) is 4.12. The van der Waals surface area contributed by atoms with Gasteiger partial charge in [0, 0.05) is 15.0 Å². The Morgan fingerprint density at radius 3 is 2.74 bits per heavy atom. The van der Waals surface area contributed by atoms with Gasteiger partial charge in [0.05, 0.1) is 15.7 Å². The van der Waals surface area contributed by atoms with Crippen LogP contribution in [0.5, 0.6) is 0 Å². The fourth-order valence-corrected chi connectivity index (χ4v) is 4.93. The second-order valence-electron chi connectivity index (χ2n) is 6.19. The summed E-state index contributed by atoms with van der Waals surface area (Å²) in [6.07, 6.45) is 4.37. The second-order valence-corrected chi connectivity index (χ2v) is 8.51. The van der Waals surface area contributed by atoms with Crippen LogP contribution in [-0.2, 0) is 0 Å². The number of fused-ring (bicyclic) bond motifs is 2. The van der Waals surface area contributed by atoms with E-state index < -0.39 is 5.82 Å². The maximum Gasteiger partial charge on any atom is 0.164 e. The minimum absolute atomic E-state index is 0.0358. The van der Waals surface area contributed by atoms with Crippen LogP contribution < -0.4 is 5.32 Å². The van der Waals surface area contributed by atoms with E-state index in [0.29, 0.717) is 45.3 Å². The highest BCUT2D eigenvalue weighted by Gasteiger charge is 2.46. The van der Waals surface area contributed by atoms with Crippen molar-refractivity contribution in [3.05, 3.63) is 30.6 Å². The van der Waals surface area contributed by atoms with Gasteiger partial charge in [-0.05, 0) is 75.7 Å². The Bertz CT molecular complexity index is 833. The number of pyridine rings is 1. The van der Waals surface area contributed by atoms with Crippen LogP contribution in [0, 0.1) is 21.2 Å². The fourth-order valence-electron chi connectivity index (χ4n) is 3.85. The molecule has 1 N–H and O–H groups in total. The third-order valence-corrected chi connectivity index (χ3v) is 7.72. The van der Waals surface area contributed by atoms with Gasteiger partial charge in [-0.2, -0.15) is 0 Å². The van der Waals surface area contributed by atoms with Crippen LogP contribution in [0.2, 0.25) is 5.15 Å². The van der Waals surface area contributed by atoms with Gasteiger partial charge in [0.15, 0.2) is 12.1 Å². The van der Waals surface area contributed by atoms with Crippen molar-refractivity contribution in [2.24, 2.45) is 11.8 Å². The minimum atomic E-state index is -0.453. The molecule has 3 aliphatic carbocycles. The summed E-state index contributed by atoms with van der Waals surface area (Å²) >= 11 is 11.4. The summed E-state index contributed by atoms with van der Waals surface area (Å²) in [4.78, 5) is 15.6. The van der Waals surface area contributed by atoms with Crippen molar-refractivity contribution in [1.82, 2.24) is 4.98 Å². The lowest BCUT2D eigenvalue weighted by atomic mass is 9.78. The van der Waals surface area contributed by atoms with Crippen LogP contribution >= 0.6 is 50.1 Å². The van der Waals surface area contributed by atoms with Gasteiger partial charge in [0.1, 0.15) is 10.7 Å². The molecule has 1 heterocycles. The Labute approximate surface area is 159 Å². The zero-order chi connectivity index (χ0) is 16.3. The number of rotatable bonds is 3. The number of carbonyl (C=O) groups excluding carboxylic acids is 1. The van der Waals surface area contributed by atoms with Gasteiger partial charge in [-0.1, -0.05) is 11.6 Å². The van der Waals surface area contributed by atoms with Crippen molar-refractivity contribution in [2.75, 3.05) is 5.32 Å². The van der Waals surface area contributed by atoms with Crippen molar-refractivity contribution in [1.29, 1.82) is 0 Å². The lowest BCUT2D eigenvalue weighted by Crippen LogP contribution is -2.40. The summed E-state index contributed by atoms with van der Waals surface area (Å²) in [6, 6.07) is 2.18. The van der Waals surface area contributed by atoms with E-state index in [1.807, 2.05) is 6.07 Å². The quantitative estimate of drug-likeness (QED) is 0.260. The molecule has 1 aromatic carbocycles. The van der Waals surface area contributed by atoms with E-state index >= 15 is 0 Å². The highest BCUT2D eigenvalue weighted by molar-refractivity contribution is 14.1. The van der Waals surface area contributed by atoms with Crippen LogP contribution in [0.25, 0.3) is 10.9 Å². The SMILES string of the molecule is O=Cc1c(Cl)nc2c(F)c(Br)c(I)cc2c1N[C@@H]1[C@@H]2CC[C@H]1C2. The molecule has 2 bridgehead atoms. The molecule has 1 aromatic heterocycles. The summed E-state index contributed by atoms with van der Waals surface area (Å²) in [6.45, 7) is 0. The number of nitrogens with zero attached hydrogens (tertiary/aromatic N) is 1. The van der Waals surface area contributed by atoms with Gasteiger partial charge in [0.2, 0.25) is 0 Å². The third-order valence-electron chi connectivity index (χ3n) is 5.07. The number of halogens is 4. The Morgan fingerprint density at radius 1 is 1.43 bits per heavy atom. The molecule has 120 valence electrons. The molecule has 3 aliphatic rings. The third kappa shape index (κ3) is 2.40. The van der Waals surface area contributed by atoms with E-state index in [1.165, 1.54) is 19.3 Å². The topological polar surface area (TPSA) is 42.0 Å². The Kier molecular flexibility index (Phi) is 4.05. The van der Waals surface area contributed by atoms with Gasteiger partial charge in [0.25, 0.3) is 0 Å². The molecule has 0 unspecified atom stereocenters. The average molecular weight is 510 g/mol. The first-order chi connectivity index (χ1) is 11.0. The van der Waals surface area contributed by atoms with Crippen molar-refractivity contribution in [3.8, 4) is 0 Å². The zero-order valence-corrected chi connectivity index (χ0v) is 16.4.